The van der Waals surface area contributed by atoms with E-state index in [1.54, 1.807) is 38.1 Å². The molecule has 4 nitrogen and oxygen atoms in total. The lowest BCUT2D eigenvalue weighted by atomic mass is 9.78. The van der Waals surface area contributed by atoms with Gasteiger partial charge in [-0.1, -0.05) is 37.1 Å². The highest BCUT2D eigenvalue weighted by molar-refractivity contribution is 7.90. The third-order valence-corrected chi connectivity index (χ3v) is 6.60. The fourth-order valence-corrected chi connectivity index (χ4v) is 5.07. The molecule has 0 unspecified atom stereocenters. The second kappa shape index (κ2) is 6.83. The normalized spacial score (nSPS) is 16.4. The molecule has 1 N–H and O–H groups in total. The van der Waals surface area contributed by atoms with E-state index < -0.39 is 27.2 Å². The van der Waals surface area contributed by atoms with Gasteiger partial charge in [-0.2, -0.15) is 0 Å². The summed E-state index contributed by atoms with van der Waals surface area (Å²) in [4.78, 5) is 13.1. The largest absolute Gasteiger partial charge is 0.273 e. The van der Waals surface area contributed by atoms with Crippen molar-refractivity contribution in [2.45, 2.75) is 49.8 Å². The van der Waals surface area contributed by atoms with Crippen LogP contribution in [0, 0.1) is 19.7 Å². The zero-order valence-electron chi connectivity index (χ0n) is 14.9. The van der Waals surface area contributed by atoms with Crippen molar-refractivity contribution in [1.29, 1.82) is 0 Å². The summed E-state index contributed by atoms with van der Waals surface area (Å²) in [7, 11) is -4.00. The van der Waals surface area contributed by atoms with Crippen LogP contribution in [0.2, 0.25) is 0 Å². The third kappa shape index (κ3) is 3.38. The SMILES string of the molecule is Cc1ccc(C)c(S(=O)(=O)NC(=O)C2(c3cccc(F)c3)CCCC2)c1. The van der Waals surface area contributed by atoms with E-state index >= 15 is 0 Å². The molecule has 6 heteroatoms. The van der Waals surface area contributed by atoms with Crippen LogP contribution in [-0.2, 0) is 20.2 Å². The van der Waals surface area contributed by atoms with Gasteiger partial charge in [0.05, 0.1) is 10.3 Å². The van der Waals surface area contributed by atoms with Crippen LogP contribution in [0.5, 0.6) is 0 Å². The lowest BCUT2D eigenvalue weighted by Crippen LogP contribution is -2.45. The number of nitrogens with one attached hydrogen (secondary N) is 1. The molecular weight excluding hydrogens is 353 g/mol. The van der Waals surface area contributed by atoms with E-state index in [0.717, 1.165) is 18.4 Å². The van der Waals surface area contributed by atoms with E-state index in [4.69, 9.17) is 0 Å². The minimum atomic E-state index is -4.00. The van der Waals surface area contributed by atoms with Gasteiger partial charge in [0.2, 0.25) is 5.91 Å². The Hall–Kier alpha value is -2.21. The minimum Gasteiger partial charge on any atom is -0.273 e. The van der Waals surface area contributed by atoms with Crippen molar-refractivity contribution in [2.24, 2.45) is 0 Å². The number of carbonyl (C=O) groups is 1. The van der Waals surface area contributed by atoms with Gasteiger partial charge in [0.1, 0.15) is 5.82 Å². The number of carbonyl (C=O) groups excluding carboxylic acids is 1. The molecule has 0 aromatic heterocycles. The predicted molar refractivity (Wildman–Crippen MR) is 97.8 cm³/mol. The summed E-state index contributed by atoms with van der Waals surface area (Å²) in [5, 5.41) is 0. The molecule has 0 heterocycles. The van der Waals surface area contributed by atoms with Gasteiger partial charge in [-0.25, -0.2) is 17.5 Å². The van der Waals surface area contributed by atoms with Gasteiger partial charge in [-0.05, 0) is 61.6 Å². The van der Waals surface area contributed by atoms with Gasteiger partial charge in [0.25, 0.3) is 10.0 Å². The molecule has 0 bridgehead atoms. The molecule has 0 atom stereocenters. The summed E-state index contributed by atoms with van der Waals surface area (Å²) >= 11 is 0. The van der Waals surface area contributed by atoms with Crippen molar-refractivity contribution in [1.82, 2.24) is 4.72 Å². The second-order valence-corrected chi connectivity index (χ2v) is 8.65. The molecule has 1 saturated carbocycles. The average molecular weight is 375 g/mol. The van der Waals surface area contributed by atoms with Gasteiger partial charge in [0, 0.05) is 0 Å². The molecule has 2 aromatic carbocycles. The van der Waals surface area contributed by atoms with E-state index in [2.05, 4.69) is 4.72 Å². The first-order chi connectivity index (χ1) is 12.2. The molecule has 3 rings (SSSR count). The first-order valence-electron chi connectivity index (χ1n) is 8.65. The van der Waals surface area contributed by atoms with Gasteiger partial charge in [0.15, 0.2) is 0 Å². The number of hydrogen-bond donors (Lipinski definition) is 1. The Kier molecular flexibility index (Phi) is 4.88. The Morgan fingerprint density at radius 2 is 1.77 bits per heavy atom. The topological polar surface area (TPSA) is 63.2 Å². The average Bonchev–Trinajstić information content (AvgIpc) is 3.08. The van der Waals surface area contributed by atoms with Gasteiger partial charge < -0.3 is 0 Å². The molecule has 2 aromatic rings. The molecular formula is C20H22FNO3S. The summed E-state index contributed by atoms with van der Waals surface area (Å²) in [6, 6.07) is 11.0. The van der Waals surface area contributed by atoms with E-state index in [0.29, 0.717) is 24.0 Å². The summed E-state index contributed by atoms with van der Waals surface area (Å²) in [6.07, 6.45) is 2.61. The van der Waals surface area contributed by atoms with Crippen LogP contribution in [0.25, 0.3) is 0 Å². The number of sulfonamides is 1. The number of halogens is 1. The number of amides is 1. The van der Waals surface area contributed by atoms with Crippen molar-refractivity contribution in [2.75, 3.05) is 0 Å². The fraction of sp³-hybridized carbons (Fsp3) is 0.350. The Morgan fingerprint density at radius 1 is 1.08 bits per heavy atom. The molecule has 138 valence electrons. The third-order valence-electron chi connectivity index (χ3n) is 5.13. The van der Waals surface area contributed by atoms with Gasteiger partial charge in [-0.15, -0.1) is 0 Å². The second-order valence-electron chi connectivity index (χ2n) is 7.00. The van der Waals surface area contributed by atoms with E-state index in [9.17, 15) is 17.6 Å². The number of rotatable bonds is 4. The number of hydrogen-bond acceptors (Lipinski definition) is 3. The fourth-order valence-electron chi connectivity index (χ4n) is 3.68. The summed E-state index contributed by atoms with van der Waals surface area (Å²) in [6.45, 7) is 3.49. The molecule has 0 radical (unpaired) electrons. The molecule has 0 spiro atoms. The molecule has 1 fully saturated rings. The standard InChI is InChI=1S/C20H22FNO3S/c1-14-8-9-15(2)18(12-14)26(24,25)22-19(23)20(10-3-4-11-20)16-6-5-7-17(21)13-16/h5-9,12-13H,3-4,10-11H2,1-2H3,(H,22,23). The molecule has 1 aliphatic rings. The van der Waals surface area contributed by atoms with Gasteiger partial charge >= 0.3 is 0 Å². The summed E-state index contributed by atoms with van der Waals surface area (Å²) in [5.74, 6) is -1.01. The lowest BCUT2D eigenvalue weighted by Gasteiger charge is -2.28. The molecule has 1 aliphatic carbocycles. The monoisotopic (exact) mass is 375 g/mol. The molecule has 0 saturated heterocycles. The van der Waals surface area contributed by atoms with Crippen molar-refractivity contribution in [3.63, 3.8) is 0 Å². The van der Waals surface area contributed by atoms with E-state index in [1.165, 1.54) is 12.1 Å². The first kappa shape index (κ1) is 18.6. The van der Waals surface area contributed by atoms with E-state index in [-0.39, 0.29) is 4.90 Å². The van der Waals surface area contributed by atoms with Crippen molar-refractivity contribution in [3.05, 3.63) is 65.0 Å². The van der Waals surface area contributed by atoms with Crippen molar-refractivity contribution >= 4 is 15.9 Å². The van der Waals surface area contributed by atoms with Crippen LogP contribution in [-0.4, -0.2) is 14.3 Å². The zero-order valence-corrected chi connectivity index (χ0v) is 15.7. The minimum absolute atomic E-state index is 0.0956. The van der Waals surface area contributed by atoms with Crippen LogP contribution < -0.4 is 4.72 Å². The Balaban J connectivity index is 1.98. The number of aryl methyl sites for hydroxylation is 2. The quantitative estimate of drug-likeness (QED) is 0.885. The molecule has 1 amide bonds. The van der Waals surface area contributed by atoms with Crippen molar-refractivity contribution < 1.29 is 17.6 Å². The van der Waals surface area contributed by atoms with Crippen LogP contribution in [0.15, 0.2) is 47.4 Å². The maximum Gasteiger partial charge on any atom is 0.264 e. The Bertz CT molecular complexity index is 947. The lowest BCUT2D eigenvalue weighted by molar-refractivity contribution is -0.124. The van der Waals surface area contributed by atoms with Crippen LogP contribution in [0.4, 0.5) is 4.39 Å². The Morgan fingerprint density at radius 3 is 2.42 bits per heavy atom. The first-order valence-corrected chi connectivity index (χ1v) is 10.1. The van der Waals surface area contributed by atoms with Crippen molar-refractivity contribution in [3.8, 4) is 0 Å². The van der Waals surface area contributed by atoms with E-state index in [1.807, 2.05) is 6.07 Å². The summed E-state index contributed by atoms with van der Waals surface area (Å²) < 4.78 is 41.6. The maximum absolute atomic E-state index is 13.7. The number of benzene rings is 2. The highest BCUT2D eigenvalue weighted by Gasteiger charge is 2.44. The highest BCUT2D eigenvalue weighted by atomic mass is 32.2. The van der Waals surface area contributed by atoms with Crippen LogP contribution in [0.3, 0.4) is 0 Å². The predicted octanol–water partition coefficient (Wildman–Crippen LogP) is 3.76. The highest BCUT2D eigenvalue weighted by Crippen LogP contribution is 2.42. The van der Waals surface area contributed by atoms with Crippen LogP contribution >= 0.6 is 0 Å². The van der Waals surface area contributed by atoms with Crippen LogP contribution in [0.1, 0.15) is 42.4 Å². The Labute approximate surface area is 153 Å². The smallest absolute Gasteiger partial charge is 0.264 e. The van der Waals surface area contributed by atoms with Gasteiger partial charge in [-0.3, -0.25) is 4.79 Å². The molecule has 0 aliphatic heterocycles. The molecule has 26 heavy (non-hydrogen) atoms. The zero-order chi connectivity index (χ0) is 18.9. The summed E-state index contributed by atoms with van der Waals surface area (Å²) in [5.41, 5.74) is 0.891. The maximum atomic E-state index is 13.7.